The fraction of sp³-hybridized carbons (Fsp3) is 0.538. The van der Waals surface area contributed by atoms with Crippen molar-refractivity contribution in [2.75, 3.05) is 0 Å². The minimum Gasteiger partial charge on any atom is -0.508 e. The van der Waals surface area contributed by atoms with Crippen LogP contribution in [0.15, 0.2) is 24.3 Å². The number of phenolic OH excluding ortho intramolecular Hbond substituents is 1. The topological polar surface area (TPSA) is 32.3 Å². The summed E-state index contributed by atoms with van der Waals surface area (Å²) in [6, 6.07) is 8.91. The van der Waals surface area contributed by atoms with E-state index in [4.69, 9.17) is 5.11 Å². The van der Waals surface area contributed by atoms with Gasteiger partial charge in [0.15, 0.2) is 0 Å². The Labute approximate surface area is 91.3 Å². The Bertz CT molecular complexity index is 303. The van der Waals surface area contributed by atoms with E-state index in [9.17, 15) is 0 Å². The molecular weight excluding hydrogens is 186 g/mol. The van der Waals surface area contributed by atoms with Crippen molar-refractivity contribution in [1.82, 2.24) is 5.32 Å². The highest BCUT2D eigenvalue weighted by Gasteiger charge is 2.22. The summed E-state index contributed by atoms with van der Waals surface area (Å²) >= 11 is 0. The number of aryl methyl sites for hydroxylation is 1. The summed E-state index contributed by atoms with van der Waals surface area (Å²) in [5.74, 6) is 0.350. The first-order valence-electron chi connectivity index (χ1n) is 5.78. The lowest BCUT2D eigenvalue weighted by molar-refractivity contribution is 0.474. The van der Waals surface area contributed by atoms with Crippen LogP contribution in [0.1, 0.15) is 31.7 Å². The van der Waals surface area contributed by atoms with Crippen LogP contribution >= 0.6 is 0 Å². The Morgan fingerprint density at radius 2 is 2.00 bits per heavy atom. The summed E-state index contributed by atoms with van der Waals surface area (Å²) in [7, 11) is 0. The van der Waals surface area contributed by atoms with Crippen LogP contribution in [0.2, 0.25) is 0 Å². The van der Waals surface area contributed by atoms with E-state index in [2.05, 4.69) is 12.2 Å². The van der Waals surface area contributed by atoms with Crippen LogP contribution in [0.3, 0.4) is 0 Å². The molecular formula is C13H19NO. The molecule has 0 saturated heterocycles. The fourth-order valence-corrected chi connectivity index (χ4v) is 1.78. The molecule has 1 aliphatic carbocycles. The van der Waals surface area contributed by atoms with Crippen molar-refractivity contribution < 1.29 is 5.11 Å². The predicted octanol–water partition coefficient (Wildman–Crippen LogP) is 2.47. The number of rotatable bonds is 5. The maximum absolute atomic E-state index is 9.15. The van der Waals surface area contributed by atoms with E-state index in [1.54, 1.807) is 12.1 Å². The summed E-state index contributed by atoms with van der Waals surface area (Å²) in [6.07, 6.45) is 4.95. The van der Waals surface area contributed by atoms with Crippen molar-refractivity contribution in [2.45, 2.75) is 44.7 Å². The monoisotopic (exact) mass is 205 g/mol. The average molecular weight is 205 g/mol. The van der Waals surface area contributed by atoms with Crippen molar-refractivity contribution in [1.29, 1.82) is 0 Å². The molecule has 0 amide bonds. The van der Waals surface area contributed by atoms with E-state index in [0.29, 0.717) is 11.8 Å². The molecule has 1 atom stereocenters. The van der Waals surface area contributed by atoms with E-state index >= 15 is 0 Å². The minimum atomic E-state index is 0.350. The van der Waals surface area contributed by atoms with E-state index in [-0.39, 0.29) is 0 Å². The smallest absolute Gasteiger partial charge is 0.115 e. The molecule has 1 aromatic rings. The molecule has 0 aliphatic heterocycles. The lowest BCUT2D eigenvalue weighted by Gasteiger charge is -2.12. The molecule has 2 rings (SSSR count). The molecule has 0 radical (unpaired) electrons. The summed E-state index contributed by atoms with van der Waals surface area (Å²) in [5.41, 5.74) is 1.30. The Morgan fingerprint density at radius 3 is 2.60 bits per heavy atom. The standard InChI is InChI=1S/C13H19NO/c1-10(14-12-6-7-12)2-3-11-4-8-13(15)9-5-11/h4-5,8-10,12,14-15H,2-3,6-7H2,1H3. The van der Waals surface area contributed by atoms with Crippen LogP contribution in [0.4, 0.5) is 0 Å². The lowest BCUT2D eigenvalue weighted by atomic mass is 10.1. The second-order valence-corrected chi connectivity index (χ2v) is 4.55. The third kappa shape index (κ3) is 3.56. The van der Waals surface area contributed by atoms with Gasteiger partial charge in [0.05, 0.1) is 0 Å². The van der Waals surface area contributed by atoms with Crippen molar-refractivity contribution in [2.24, 2.45) is 0 Å². The van der Waals surface area contributed by atoms with Gasteiger partial charge < -0.3 is 10.4 Å². The first-order valence-corrected chi connectivity index (χ1v) is 5.78. The number of nitrogens with one attached hydrogen (secondary N) is 1. The zero-order valence-corrected chi connectivity index (χ0v) is 9.24. The highest BCUT2D eigenvalue weighted by Crippen LogP contribution is 2.20. The van der Waals surface area contributed by atoms with E-state index in [1.807, 2.05) is 12.1 Å². The van der Waals surface area contributed by atoms with Crippen molar-refractivity contribution in [3.8, 4) is 5.75 Å². The van der Waals surface area contributed by atoms with Crippen LogP contribution in [0, 0.1) is 0 Å². The maximum atomic E-state index is 9.15. The summed E-state index contributed by atoms with van der Waals surface area (Å²) in [5, 5.41) is 12.7. The molecule has 1 unspecified atom stereocenters. The van der Waals surface area contributed by atoms with Crippen LogP contribution in [-0.2, 0) is 6.42 Å². The average Bonchev–Trinajstić information content (AvgIpc) is 3.01. The Kier molecular flexibility index (Phi) is 3.27. The molecule has 0 heterocycles. The van der Waals surface area contributed by atoms with Gasteiger partial charge in [0.2, 0.25) is 0 Å². The van der Waals surface area contributed by atoms with Crippen molar-refractivity contribution in [3.05, 3.63) is 29.8 Å². The van der Waals surface area contributed by atoms with Crippen LogP contribution in [0.25, 0.3) is 0 Å². The zero-order chi connectivity index (χ0) is 10.7. The largest absolute Gasteiger partial charge is 0.508 e. The summed E-state index contributed by atoms with van der Waals surface area (Å²) < 4.78 is 0. The highest BCUT2D eigenvalue weighted by atomic mass is 16.3. The number of benzene rings is 1. The van der Waals surface area contributed by atoms with Gasteiger partial charge in [-0.1, -0.05) is 12.1 Å². The third-order valence-corrected chi connectivity index (χ3v) is 2.90. The van der Waals surface area contributed by atoms with Gasteiger partial charge in [-0.15, -0.1) is 0 Å². The molecule has 82 valence electrons. The number of phenols is 1. The Morgan fingerprint density at radius 1 is 1.33 bits per heavy atom. The normalized spacial score (nSPS) is 17.7. The summed E-state index contributed by atoms with van der Waals surface area (Å²) in [6.45, 7) is 2.25. The van der Waals surface area contributed by atoms with E-state index < -0.39 is 0 Å². The second-order valence-electron chi connectivity index (χ2n) is 4.55. The second kappa shape index (κ2) is 4.67. The maximum Gasteiger partial charge on any atom is 0.115 e. The highest BCUT2D eigenvalue weighted by molar-refractivity contribution is 5.25. The number of hydrogen-bond acceptors (Lipinski definition) is 2. The first kappa shape index (κ1) is 10.5. The van der Waals surface area contributed by atoms with Crippen LogP contribution in [-0.4, -0.2) is 17.2 Å². The molecule has 0 aromatic heterocycles. The van der Waals surface area contributed by atoms with Crippen LogP contribution < -0.4 is 5.32 Å². The molecule has 15 heavy (non-hydrogen) atoms. The van der Waals surface area contributed by atoms with Gasteiger partial charge in [-0.3, -0.25) is 0 Å². The van der Waals surface area contributed by atoms with Gasteiger partial charge in [0.1, 0.15) is 5.75 Å². The molecule has 1 fully saturated rings. The molecule has 0 bridgehead atoms. The molecule has 1 aliphatic rings. The minimum absolute atomic E-state index is 0.350. The third-order valence-electron chi connectivity index (χ3n) is 2.90. The van der Waals surface area contributed by atoms with Gasteiger partial charge in [-0.25, -0.2) is 0 Å². The quantitative estimate of drug-likeness (QED) is 0.774. The van der Waals surface area contributed by atoms with Crippen molar-refractivity contribution >= 4 is 0 Å². The molecule has 0 spiro atoms. The van der Waals surface area contributed by atoms with Gasteiger partial charge in [-0.05, 0) is 50.3 Å². The molecule has 2 N–H and O–H groups in total. The lowest BCUT2D eigenvalue weighted by Crippen LogP contribution is -2.28. The zero-order valence-electron chi connectivity index (χ0n) is 9.24. The molecule has 2 heteroatoms. The van der Waals surface area contributed by atoms with Gasteiger partial charge >= 0.3 is 0 Å². The fourth-order valence-electron chi connectivity index (χ4n) is 1.78. The predicted molar refractivity (Wildman–Crippen MR) is 62.0 cm³/mol. The van der Waals surface area contributed by atoms with Crippen LogP contribution in [0.5, 0.6) is 5.75 Å². The molecule has 1 saturated carbocycles. The van der Waals surface area contributed by atoms with E-state index in [0.717, 1.165) is 12.5 Å². The molecule has 1 aromatic carbocycles. The summed E-state index contributed by atoms with van der Waals surface area (Å²) in [4.78, 5) is 0. The molecule has 2 nitrogen and oxygen atoms in total. The Hall–Kier alpha value is -1.02. The van der Waals surface area contributed by atoms with Crippen molar-refractivity contribution in [3.63, 3.8) is 0 Å². The Balaban J connectivity index is 1.74. The first-order chi connectivity index (χ1) is 7.24. The van der Waals surface area contributed by atoms with E-state index in [1.165, 1.54) is 24.8 Å². The number of hydrogen-bond donors (Lipinski definition) is 2. The van der Waals surface area contributed by atoms with Gasteiger partial charge in [0, 0.05) is 12.1 Å². The SMILES string of the molecule is CC(CCc1ccc(O)cc1)NC1CC1. The van der Waals surface area contributed by atoms with Gasteiger partial charge in [0.25, 0.3) is 0 Å². The number of aromatic hydroxyl groups is 1. The van der Waals surface area contributed by atoms with Gasteiger partial charge in [-0.2, -0.15) is 0 Å².